The Kier molecular flexibility index (Phi) is 6.51. The number of anilines is 4. The minimum atomic E-state index is -0.141. The van der Waals surface area contributed by atoms with Gasteiger partial charge in [0.25, 0.3) is 5.91 Å². The second-order valence-electron chi connectivity index (χ2n) is 6.63. The van der Waals surface area contributed by atoms with E-state index >= 15 is 0 Å². The Bertz CT molecular complexity index is 1010. The van der Waals surface area contributed by atoms with E-state index in [-0.39, 0.29) is 12.5 Å². The normalized spacial score (nSPS) is 10.3. The Morgan fingerprint density at radius 2 is 1.72 bits per heavy atom. The molecule has 0 spiro atoms. The second-order valence-corrected chi connectivity index (χ2v) is 7.04. The molecule has 1 heterocycles. The van der Waals surface area contributed by atoms with Gasteiger partial charge in [0.05, 0.1) is 5.02 Å². The molecule has 0 fully saturated rings. The van der Waals surface area contributed by atoms with Crippen molar-refractivity contribution in [3.8, 4) is 5.75 Å². The first-order valence-corrected chi connectivity index (χ1v) is 9.34. The Morgan fingerprint density at radius 3 is 2.34 bits per heavy atom. The highest BCUT2D eigenvalue weighted by molar-refractivity contribution is 6.32. The SMILES string of the molecule is Cc1cccc(Nc2cc(Nc3ccc(OCC(=O)N(C)C)c(Cl)c3)ncn2)c1. The summed E-state index contributed by atoms with van der Waals surface area (Å²) in [5.41, 5.74) is 2.85. The molecule has 0 bridgehead atoms. The Hall–Kier alpha value is -3.32. The van der Waals surface area contributed by atoms with Gasteiger partial charge in [-0.25, -0.2) is 9.97 Å². The molecule has 0 saturated carbocycles. The lowest BCUT2D eigenvalue weighted by molar-refractivity contribution is -0.130. The van der Waals surface area contributed by atoms with Gasteiger partial charge in [0, 0.05) is 31.5 Å². The number of amides is 1. The Morgan fingerprint density at radius 1 is 1.03 bits per heavy atom. The second kappa shape index (κ2) is 9.25. The number of likely N-dealkylation sites (N-methyl/N-ethyl adjacent to an activating group) is 1. The summed E-state index contributed by atoms with van der Waals surface area (Å²) in [4.78, 5) is 21.6. The number of aromatic nitrogens is 2. The summed E-state index contributed by atoms with van der Waals surface area (Å²) in [6.07, 6.45) is 1.48. The number of benzene rings is 2. The molecule has 0 saturated heterocycles. The number of halogens is 1. The third-order valence-electron chi connectivity index (χ3n) is 4.01. The lowest BCUT2D eigenvalue weighted by Gasteiger charge is -2.13. The van der Waals surface area contributed by atoms with Gasteiger partial charge in [-0.05, 0) is 42.8 Å². The first-order valence-electron chi connectivity index (χ1n) is 8.96. The van der Waals surface area contributed by atoms with Crippen LogP contribution in [0.3, 0.4) is 0 Å². The molecule has 8 heteroatoms. The van der Waals surface area contributed by atoms with Crippen LogP contribution in [0, 0.1) is 6.92 Å². The third-order valence-corrected chi connectivity index (χ3v) is 4.31. The zero-order chi connectivity index (χ0) is 20.8. The van der Waals surface area contributed by atoms with Crippen molar-refractivity contribution in [1.29, 1.82) is 0 Å². The maximum atomic E-state index is 11.6. The van der Waals surface area contributed by atoms with Crippen LogP contribution in [0.2, 0.25) is 5.02 Å². The van der Waals surface area contributed by atoms with E-state index in [0.717, 1.165) is 16.9 Å². The number of aryl methyl sites for hydroxylation is 1. The topological polar surface area (TPSA) is 79.4 Å². The maximum Gasteiger partial charge on any atom is 0.259 e. The van der Waals surface area contributed by atoms with Crippen molar-refractivity contribution >= 4 is 40.5 Å². The van der Waals surface area contributed by atoms with Gasteiger partial charge >= 0.3 is 0 Å². The van der Waals surface area contributed by atoms with Gasteiger partial charge in [-0.15, -0.1) is 0 Å². The van der Waals surface area contributed by atoms with E-state index < -0.39 is 0 Å². The van der Waals surface area contributed by atoms with Gasteiger partial charge in [-0.2, -0.15) is 0 Å². The first-order chi connectivity index (χ1) is 13.9. The molecule has 0 radical (unpaired) electrons. The minimum absolute atomic E-state index is 0.0700. The molecule has 3 aromatic rings. The van der Waals surface area contributed by atoms with Gasteiger partial charge in [0.15, 0.2) is 6.61 Å². The highest BCUT2D eigenvalue weighted by Crippen LogP contribution is 2.29. The predicted molar refractivity (Wildman–Crippen MR) is 115 cm³/mol. The van der Waals surface area contributed by atoms with Crippen molar-refractivity contribution in [2.45, 2.75) is 6.92 Å². The van der Waals surface area contributed by atoms with Crippen LogP contribution in [-0.4, -0.2) is 41.5 Å². The first kappa shape index (κ1) is 20.4. The van der Waals surface area contributed by atoms with Crippen LogP contribution < -0.4 is 15.4 Å². The summed E-state index contributed by atoms with van der Waals surface area (Å²) >= 11 is 6.28. The number of hydrogen-bond donors (Lipinski definition) is 2. The van der Waals surface area contributed by atoms with Crippen LogP contribution in [0.25, 0.3) is 0 Å². The van der Waals surface area contributed by atoms with E-state index in [9.17, 15) is 4.79 Å². The van der Waals surface area contributed by atoms with E-state index in [0.29, 0.717) is 22.4 Å². The van der Waals surface area contributed by atoms with Gasteiger partial charge in [-0.1, -0.05) is 23.7 Å². The Labute approximate surface area is 174 Å². The number of nitrogens with zero attached hydrogens (tertiary/aromatic N) is 3. The van der Waals surface area contributed by atoms with Gasteiger partial charge in [0.2, 0.25) is 0 Å². The lowest BCUT2D eigenvalue weighted by Crippen LogP contribution is -2.27. The van der Waals surface area contributed by atoms with Gasteiger partial charge < -0.3 is 20.3 Å². The van der Waals surface area contributed by atoms with Crippen molar-refractivity contribution in [3.63, 3.8) is 0 Å². The van der Waals surface area contributed by atoms with Crippen LogP contribution in [0.15, 0.2) is 54.9 Å². The molecule has 0 aliphatic heterocycles. The number of hydrogen-bond acceptors (Lipinski definition) is 6. The van der Waals surface area contributed by atoms with E-state index in [4.69, 9.17) is 16.3 Å². The standard InChI is InChI=1S/C21H22ClN5O2/c1-14-5-4-6-15(9-14)25-19-11-20(24-13-23-19)26-16-7-8-18(17(22)10-16)29-12-21(28)27(2)3/h4-11,13H,12H2,1-3H3,(H2,23,24,25,26). The average molecular weight is 412 g/mol. The van der Waals surface area contributed by atoms with Crippen molar-refractivity contribution in [2.24, 2.45) is 0 Å². The molecule has 150 valence electrons. The van der Waals surface area contributed by atoms with Crippen molar-refractivity contribution in [2.75, 3.05) is 31.3 Å². The summed E-state index contributed by atoms with van der Waals surface area (Å²) in [5.74, 6) is 1.58. The highest BCUT2D eigenvalue weighted by Gasteiger charge is 2.09. The molecule has 2 N–H and O–H groups in total. The van der Waals surface area contributed by atoms with Crippen LogP contribution in [-0.2, 0) is 4.79 Å². The molecule has 29 heavy (non-hydrogen) atoms. The number of rotatable bonds is 7. The Balaban J connectivity index is 1.67. The number of nitrogens with one attached hydrogen (secondary N) is 2. The number of carbonyl (C=O) groups is 1. The zero-order valence-electron chi connectivity index (χ0n) is 16.4. The third kappa shape index (κ3) is 5.83. The molecule has 3 rings (SSSR count). The fourth-order valence-electron chi connectivity index (χ4n) is 2.48. The van der Waals surface area contributed by atoms with Crippen LogP contribution >= 0.6 is 11.6 Å². The van der Waals surface area contributed by atoms with Crippen molar-refractivity contribution in [3.05, 3.63) is 65.4 Å². The molecule has 7 nitrogen and oxygen atoms in total. The predicted octanol–water partition coefficient (Wildman–Crippen LogP) is 4.39. The fourth-order valence-corrected chi connectivity index (χ4v) is 2.71. The van der Waals surface area contributed by atoms with Crippen LogP contribution in [0.5, 0.6) is 5.75 Å². The summed E-state index contributed by atoms with van der Waals surface area (Å²) in [7, 11) is 3.34. The molecule has 0 aliphatic rings. The van der Waals surface area contributed by atoms with Crippen LogP contribution in [0.4, 0.5) is 23.0 Å². The molecule has 1 amide bonds. The number of carbonyl (C=O) groups excluding carboxylic acids is 1. The maximum absolute atomic E-state index is 11.6. The van der Waals surface area contributed by atoms with Crippen molar-refractivity contribution < 1.29 is 9.53 Å². The largest absolute Gasteiger partial charge is 0.482 e. The van der Waals surface area contributed by atoms with E-state index in [1.165, 1.54) is 11.2 Å². The summed E-state index contributed by atoms with van der Waals surface area (Å²) in [5, 5.41) is 6.84. The molecular formula is C21H22ClN5O2. The molecular weight excluding hydrogens is 390 g/mol. The monoisotopic (exact) mass is 411 g/mol. The van der Waals surface area contributed by atoms with Crippen molar-refractivity contribution in [1.82, 2.24) is 14.9 Å². The highest BCUT2D eigenvalue weighted by atomic mass is 35.5. The lowest BCUT2D eigenvalue weighted by atomic mass is 10.2. The van der Waals surface area contributed by atoms with Gasteiger partial charge in [-0.3, -0.25) is 4.79 Å². The quantitative estimate of drug-likeness (QED) is 0.600. The summed E-state index contributed by atoms with van der Waals surface area (Å²) in [6.45, 7) is 1.96. The van der Waals surface area contributed by atoms with Crippen LogP contribution in [0.1, 0.15) is 5.56 Å². The minimum Gasteiger partial charge on any atom is -0.482 e. The molecule has 1 aromatic heterocycles. The summed E-state index contributed by atoms with van der Waals surface area (Å²) in [6, 6.07) is 15.1. The molecule has 0 aliphatic carbocycles. The number of ether oxygens (including phenoxy) is 1. The fraction of sp³-hybridized carbons (Fsp3) is 0.190. The molecule has 0 atom stereocenters. The smallest absolute Gasteiger partial charge is 0.259 e. The average Bonchev–Trinajstić information content (AvgIpc) is 2.67. The van der Waals surface area contributed by atoms with Gasteiger partial charge in [0.1, 0.15) is 23.7 Å². The zero-order valence-corrected chi connectivity index (χ0v) is 17.2. The van der Waals surface area contributed by atoms with E-state index in [1.807, 2.05) is 31.2 Å². The van der Waals surface area contributed by atoms with E-state index in [1.54, 1.807) is 38.4 Å². The molecule has 2 aromatic carbocycles. The molecule has 0 unspecified atom stereocenters. The van der Waals surface area contributed by atoms with E-state index in [2.05, 4.69) is 20.6 Å². The summed E-state index contributed by atoms with van der Waals surface area (Å²) < 4.78 is 5.47.